The van der Waals surface area contributed by atoms with Crippen LogP contribution in [0, 0.1) is 0 Å². The molecule has 124 valence electrons. The van der Waals surface area contributed by atoms with Crippen molar-refractivity contribution in [3.63, 3.8) is 0 Å². The number of benzene rings is 1. The van der Waals surface area contributed by atoms with Gasteiger partial charge in [0.2, 0.25) is 0 Å². The van der Waals surface area contributed by atoms with Crippen LogP contribution in [0.15, 0.2) is 23.2 Å². The van der Waals surface area contributed by atoms with Gasteiger partial charge in [-0.2, -0.15) is 11.8 Å². The van der Waals surface area contributed by atoms with Crippen molar-refractivity contribution >= 4 is 17.7 Å². The molecular weight excluding hydrogens is 298 g/mol. The fraction of sp³-hybridized carbons (Fsp3) is 0.562. The number of aliphatic imine (C=N–C) groups is 1. The highest BCUT2D eigenvalue weighted by atomic mass is 32.2. The lowest BCUT2D eigenvalue weighted by Gasteiger charge is -2.11. The predicted octanol–water partition coefficient (Wildman–Crippen LogP) is 2.60. The first-order valence-electron chi connectivity index (χ1n) is 7.58. The molecule has 0 saturated carbocycles. The van der Waals surface area contributed by atoms with Crippen molar-refractivity contribution in [2.75, 3.05) is 32.2 Å². The van der Waals surface area contributed by atoms with Gasteiger partial charge < -0.3 is 20.5 Å². The number of methoxy groups -OCH3 is 1. The first kappa shape index (κ1) is 18.5. The molecular formula is C16H27N3O2S. The summed E-state index contributed by atoms with van der Waals surface area (Å²) in [4.78, 5) is 4.51. The topological polar surface area (TPSA) is 65.9 Å². The molecule has 0 aliphatic rings. The maximum Gasteiger partial charge on any atom is 0.191 e. The van der Waals surface area contributed by atoms with E-state index in [0.717, 1.165) is 36.8 Å². The minimum Gasteiger partial charge on any atom is -0.508 e. The van der Waals surface area contributed by atoms with Crippen molar-refractivity contribution in [2.45, 2.75) is 26.3 Å². The van der Waals surface area contributed by atoms with Crippen molar-refractivity contribution < 1.29 is 9.84 Å². The SMILES string of the molecule is CCNC(=NCc1cc(OC)ccc1O)NCCCCSC. The van der Waals surface area contributed by atoms with Crippen LogP contribution in [-0.4, -0.2) is 43.3 Å². The summed E-state index contributed by atoms with van der Waals surface area (Å²) in [6, 6.07) is 5.17. The summed E-state index contributed by atoms with van der Waals surface area (Å²) in [7, 11) is 1.61. The summed E-state index contributed by atoms with van der Waals surface area (Å²) in [6.45, 7) is 4.15. The highest BCUT2D eigenvalue weighted by Gasteiger charge is 2.04. The van der Waals surface area contributed by atoms with Crippen LogP contribution in [0.4, 0.5) is 0 Å². The Balaban J connectivity index is 2.57. The van der Waals surface area contributed by atoms with Crippen molar-refractivity contribution in [1.82, 2.24) is 10.6 Å². The monoisotopic (exact) mass is 325 g/mol. The van der Waals surface area contributed by atoms with Crippen molar-refractivity contribution in [3.05, 3.63) is 23.8 Å². The summed E-state index contributed by atoms with van der Waals surface area (Å²) < 4.78 is 5.17. The number of unbranched alkanes of at least 4 members (excludes halogenated alkanes) is 1. The zero-order chi connectivity index (χ0) is 16.2. The number of rotatable bonds is 9. The van der Waals surface area contributed by atoms with E-state index in [9.17, 15) is 5.11 Å². The molecule has 1 rings (SSSR count). The van der Waals surface area contributed by atoms with E-state index >= 15 is 0 Å². The molecule has 3 N–H and O–H groups in total. The number of aromatic hydroxyl groups is 1. The maximum atomic E-state index is 9.88. The van der Waals surface area contributed by atoms with E-state index in [4.69, 9.17) is 4.74 Å². The second kappa shape index (κ2) is 11.1. The number of ether oxygens (including phenoxy) is 1. The molecule has 0 aliphatic carbocycles. The van der Waals surface area contributed by atoms with E-state index < -0.39 is 0 Å². The molecule has 1 aromatic rings. The van der Waals surface area contributed by atoms with Crippen LogP contribution in [0.2, 0.25) is 0 Å². The van der Waals surface area contributed by atoms with Gasteiger partial charge in [-0.15, -0.1) is 0 Å². The molecule has 0 atom stereocenters. The van der Waals surface area contributed by atoms with E-state index in [2.05, 4.69) is 21.9 Å². The summed E-state index contributed by atoms with van der Waals surface area (Å²) in [5.74, 6) is 2.92. The van der Waals surface area contributed by atoms with Crippen LogP contribution < -0.4 is 15.4 Å². The Morgan fingerprint density at radius 1 is 1.32 bits per heavy atom. The van der Waals surface area contributed by atoms with Gasteiger partial charge in [0, 0.05) is 18.7 Å². The first-order chi connectivity index (χ1) is 10.7. The highest BCUT2D eigenvalue weighted by Crippen LogP contribution is 2.23. The molecule has 1 aromatic carbocycles. The predicted molar refractivity (Wildman–Crippen MR) is 95.1 cm³/mol. The second-order valence-corrected chi connectivity index (χ2v) is 5.80. The molecule has 0 saturated heterocycles. The lowest BCUT2D eigenvalue weighted by atomic mass is 10.2. The lowest BCUT2D eigenvalue weighted by Crippen LogP contribution is -2.37. The van der Waals surface area contributed by atoms with Crippen LogP contribution >= 0.6 is 11.8 Å². The summed E-state index contributed by atoms with van der Waals surface area (Å²) >= 11 is 1.87. The Hall–Kier alpha value is -1.56. The highest BCUT2D eigenvalue weighted by molar-refractivity contribution is 7.98. The normalized spacial score (nSPS) is 11.3. The Morgan fingerprint density at radius 3 is 2.82 bits per heavy atom. The number of nitrogens with one attached hydrogen (secondary N) is 2. The molecule has 0 aromatic heterocycles. The van der Waals surface area contributed by atoms with Crippen LogP contribution in [0.3, 0.4) is 0 Å². The number of guanidine groups is 1. The minimum absolute atomic E-state index is 0.236. The van der Waals surface area contributed by atoms with E-state index in [-0.39, 0.29) is 5.75 Å². The van der Waals surface area contributed by atoms with Gasteiger partial charge in [-0.1, -0.05) is 0 Å². The van der Waals surface area contributed by atoms with Crippen LogP contribution in [0.1, 0.15) is 25.3 Å². The number of phenols is 1. The minimum atomic E-state index is 0.236. The van der Waals surface area contributed by atoms with Gasteiger partial charge in [0.15, 0.2) is 5.96 Å². The average molecular weight is 325 g/mol. The second-order valence-electron chi connectivity index (χ2n) is 4.82. The average Bonchev–Trinajstić information content (AvgIpc) is 2.53. The van der Waals surface area contributed by atoms with Crippen molar-refractivity contribution in [2.24, 2.45) is 4.99 Å². The van der Waals surface area contributed by atoms with E-state index in [0.29, 0.717) is 6.54 Å². The zero-order valence-corrected chi connectivity index (χ0v) is 14.5. The number of phenolic OH excluding ortho intramolecular Hbond substituents is 1. The summed E-state index contributed by atoms with van der Waals surface area (Å²) in [6.07, 6.45) is 4.44. The van der Waals surface area contributed by atoms with Gasteiger partial charge in [-0.05, 0) is 50.0 Å². The molecule has 5 nitrogen and oxygen atoms in total. The molecule has 0 unspecified atom stereocenters. The third kappa shape index (κ3) is 6.93. The van der Waals surface area contributed by atoms with Crippen molar-refractivity contribution in [3.8, 4) is 11.5 Å². The van der Waals surface area contributed by atoms with Gasteiger partial charge in [0.1, 0.15) is 11.5 Å². The van der Waals surface area contributed by atoms with Gasteiger partial charge in [-0.25, -0.2) is 4.99 Å². The van der Waals surface area contributed by atoms with Gasteiger partial charge in [-0.3, -0.25) is 0 Å². The third-order valence-electron chi connectivity index (χ3n) is 3.11. The van der Waals surface area contributed by atoms with Crippen molar-refractivity contribution in [1.29, 1.82) is 0 Å². The summed E-state index contributed by atoms with van der Waals surface area (Å²) in [5, 5.41) is 16.4. The number of hydrogen-bond acceptors (Lipinski definition) is 4. The molecule has 0 aliphatic heterocycles. The lowest BCUT2D eigenvalue weighted by molar-refractivity contribution is 0.411. The standard InChI is InChI=1S/C16H27N3O2S/c1-4-17-16(18-9-5-6-10-22-3)19-12-13-11-14(21-2)7-8-15(13)20/h7-8,11,20H,4-6,9-10,12H2,1-3H3,(H2,17,18,19). The van der Waals surface area contributed by atoms with E-state index in [1.807, 2.05) is 18.7 Å². The zero-order valence-electron chi connectivity index (χ0n) is 13.7. The van der Waals surface area contributed by atoms with Gasteiger partial charge in [0.25, 0.3) is 0 Å². The van der Waals surface area contributed by atoms with E-state index in [1.54, 1.807) is 25.3 Å². The Kier molecular flexibility index (Phi) is 9.30. The van der Waals surface area contributed by atoms with Gasteiger partial charge in [0.05, 0.1) is 13.7 Å². The third-order valence-corrected chi connectivity index (χ3v) is 3.80. The van der Waals surface area contributed by atoms with Crippen LogP contribution in [0.5, 0.6) is 11.5 Å². The summed E-state index contributed by atoms with van der Waals surface area (Å²) in [5.41, 5.74) is 0.749. The molecule has 0 spiro atoms. The molecule has 22 heavy (non-hydrogen) atoms. The fourth-order valence-corrected chi connectivity index (χ4v) is 2.39. The quantitative estimate of drug-likeness (QED) is 0.370. The molecule has 0 amide bonds. The van der Waals surface area contributed by atoms with Crippen LogP contribution in [0.25, 0.3) is 0 Å². The Labute approximate surface area is 137 Å². The first-order valence-corrected chi connectivity index (χ1v) is 8.97. The molecule has 6 heteroatoms. The molecule has 0 bridgehead atoms. The van der Waals surface area contributed by atoms with Crippen LogP contribution in [-0.2, 0) is 6.54 Å². The number of nitrogens with zero attached hydrogens (tertiary/aromatic N) is 1. The largest absolute Gasteiger partial charge is 0.508 e. The molecule has 0 fully saturated rings. The van der Waals surface area contributed by atoms with Gasteiger partial charge >= 0.3 is 0 Å². The smallest absolute Gasteiger partial charge is 0.191 e. The maximum absolute atomic E-state index is 9.88. The molecule has 0 heterocycles. The molecule has 0 radical (unpaired) electrons. The fourth-order valence-electron chi connectivity index (χ4n) is 1.90. The number of thioether (sulfide) groups is 1. The Bertz CT molecular complexity index is 467. The van der Waals surface area contributed by atoms with E-state index in [1.165, 1.54) is 12.2 Å². The Morgan fingerprint density at radius 2 is 2.14 bits per heavy atom. The number of hydrogen-bond donors (Lipinski definition) is 3.